The Hall–Kier alpha value is -2.01. The van der Waals surface area contributed by atoms with Crippen LogP contribution >= 0.6 is 0 Å². The first kappa shape index (κ1) is 13.0. The molecule has 0 spiro atoms. The zero-order valence-corrected chi connectivity index (χ0v) is 11.7. The summed E-state index contributed by atoms with van der Waals surface area (Å²) in [5.41, 5.74) is 3.00. The first-order chi connectivity index (χ1) is 9.65. The van der Waals surface area contributed by atoms with Crippen molar-refractivity contribution >= 4 is 5.78 Å². The molecule has 5 heteroatoms. The standard InChI is InChI=1S/C15H17N3O2/c1-10(2)18-15(16-9-17-18)6-14(19)11-3-4-12-7-20-8-13(12)5-11/h3-5,9-10H,6-8H2,1-2H3. The highest BCUT2D eigenvalue weighted by Gasteiger charge is 2.17. The van der Waals surface area contributed by atoms with Gasteiger partial charge in [0, 0.05) is 11.6 Å². The summed E-state index contributed by atoms with van der Waals surface area (Å²) >= 11 is 0. The maximum atomic E-state index is 12.4. The van der Waals surface area contributed by atoms with Gasteiger partial charge in [0.05, 0.1) is 19.6 Å². The third kappa shape index (κ3) is 2.36. The fourth-order valence-corrected chi connectivity index (χ4v) is 2.42. The highest BCUT2D eigenvalue weighted by molar-refractivity contribution is 5.97. The fourth-order valence-electron chi connectivity index (χ4n) is 2.42. The number of hydrogen-bond donors (Lipinski definition) is 0. The number of nitrogens with zero attached hydrogens (tertiary/aromatic N) is 3. The van der Waals surface area contributed by atoms with Gasteiger partial charge in [-0.05, 0) is 31.0 Å². The lowest BCUT2D eigenvalue weighted by molar-refractivity contribution is 0.0989. The molecule has 0 atom stereocenters. The van der Waals surface area contributed by atoms with E-state index < -0.39 is 0 Å². The van der Waals surface area contributed by atoms with Gasteiger partial charge >= 0.3 is 0 Å². The van der Waals surface area contributed by atoms with Crippen LogP contribution < -0.4 is 0 Å². The second-order valence-corrected chi connectivity index (χ2v) is 5.29. The van der Waals surface area contributed by atoms with E-state index in [0.29, 0.717) is 24.6 Å². The molecule has 0 amide bonds. The van der Waals surface area contributed by atoms with Gasteiger partial charge in [0.25, 0.3) is 0 Å². The van der Waals surface area contributed by atoms with Crippen LogP contribution in [0.5, 0.6) is 0 Å². The van der Waals surface area contributed by atoms with Crippen LogP contribution in [0, 0.1) is 0 Å². The van der Waals surface area contributed by atoms with E-state index in [1.54, 1.807) is 4.68 Å². The van der Waals surface area contributed by atoms with Crippen LogP contribution in [0.25, 0.3) is 0 Å². The zero-order valence-electron chi connectivity index (χ0n) is 11.7. The lowest BCUT2D eigenvalue weighted by atomic mass is 10.0. The zero-order chi connectivity index (χ0) is 14.1. The molecule has 2 heterocycles. The average Bonchev–Trinajstić information content (AvgIpc) is 3.05. The molecule has 0 saturated carbocycles. The minimum Gasteiger partial charge on any atom is -0.372 e. The van der Waals surface area contributed by atoms with E-state index >= 15 is 0 Å². The molecule has 3 rings (SSSR count). The number of rotatable bonds is 4. The molecule has 1 aromatic carbocycles. The summed E-state index contributed by atoms with van der Waals surface area (Å²) in [6.07, 6.45) is 1.77. The second kappa shape index (κ2) is 5.17. The Kier molecular flexibility index (Phi) is 3.36. The monoisotopic (exact) mass is 271 g/mol. The van der Waals surface area contributed by atoms with Gasteiger partial charge in [-0.2, -0.15) is 5.10 Å². The van der Waals surface area contributed by atoms with Crippen LogP contribution in [0.2, 0.25) is 0 Å². The number of hydrogen-bond acceptors (Lipinski definition) is 4. The number of ether oxygens (including phenoxy) is 1. The molecule has 2 aromatic rings. The Morgan fingerprint density at radius 2 is 2.15 bits per heavy atom. The van der Waals surface area contributed by atoms with Gasteiger partial charge in [0.15, 0.2) is 5.78 Å². The van der Waals surface area contributed by atoms with Gasteiger partial charge < -0.3 is 4.74 Å². The molecule has 0 N–H and O–H groups in total. The van der Waals surface area contributed by atoms with Crippen molar-refractivity contribution in [1.82, 2.24) is 14.8 Å². The van der Waals surface area contributed by atoms with Gasteiger partial charge in [-0.3, -0.25) is 4.79 Å². The molecule has 0 unspecified atom stereocenters. The topological polar surface area (TPSA) is 57.0 Å². The summed E-state index contributed by atoms with van der Waals surface area (Å²) < 4.78 is 7.15. The predicted molar refractivity (Wildman–Crippen MR) is 73.4 cm³/mol. The number of benzene rings is 1. The third-order valence-corrected chi connectivity index (χ3v) is 3.50. The molecule has 1 aliphatic heterocycles. The molecule has 1 aromatic heterocycles. The Morgan fingerprint density at radius 3 is 2.95 bits per heavy atom. The highest BCUT2D eigenvalue weighted by atomic mass is 16.5. The SMILES string of the molecule is CC(C)n1ncnc1CC(=O)c1ccc2c(c1)COC2. The largest absolute Gasteiger partial charge is 0.372 e. The minimum absolute atomic E-state index is 0.0644. The maximum absolute atomic E-state index is 12.4. The van der Waals surface area contributed by atoms with Crippen LogP contribution in [0.1, 0.15) is 47.2 Å². The Balaban J connectivity index is 1.81. The fraction of sp³-hybridized carbons (Fsp3) is 0.400. The van der Waals surface area contributed by atoms with Crippen LogP contribution in [0.3, 0.4) is 0 Å². The summed E-state index contributed by atoms with van der Waals surface area (Å²) in [6, 6.07) is 5.98. The molecular weight excluding hydrogens is 254 g/mol. The molecule has 1 aliphatic rings. The van der Waals surface area contributed by atoms with Crippen molar-refractivity contribution in [2.75, 3.05) is 0 Å². The molecule has 0 aliphatic carbocycles. The first-order valence-electron chi connectivity index (χ1n) is 6.76. The Labute approximate surface area is 117 Å². The van der Waals surface area contributed by atoms with E-state index in [0.717, 1.165) is 5.56 Å². The van der Waals surface area contributed by atoms with Gasteiger partial charge in [-0.1, -0.05) is 12.1 Å². The quantitative estimate of drug-likeness (QED) is 0.801. The van der Waals surface area contributed by atoms with Crippen molar-refractivity contribution in [3.63, 3.8) is 0 Å². The molecule has 0 radical (unpaired) electrons. The number of aromatic nitrogens is 3. The number of carbonyl (C=O) groups is 1. The van der Waals surface area contributed by atoms with Gasteiger partial charge in [-0.15, -0.1) is 0 Å². The molecule has 0 saturated heterocycles. The molecular formula is C15H17N3O2. The Morgan fingerprint density at radius 1 is 1.35 bits per heavy atom. The number of Topliss-reactive ketones (excluding diaryl/α,β-unsaturated/α-hetero) is 1. The smallest absolute Gasteiger partial charge is 0.170 e. The van der Waals surface area contributed by atoms with E-state index in [1.165, 1.54) is 11.9 Å². The molecule has 0 bridgehead atoms. The van der Waals surface area contributed by atoms with E-state index in [4.69, 9.17) is 4.74 Å². The number of fused-ring (bicyclic) bond motifs is 1. The van der Waals surface area contributed by atoms with Gasteiger partial charge in [-0.25, -0.2) is 9.67 Å². The van der Waals surface area contributed by atoms with E-state index in [9.17, 15) is 4.79 Å². The molecule has 5 nitrogen and oxygen atoms in total. The summed E-state index contributed by atoms with van der Waals surface area (Å²) in [5.74, 6) is 0.774. The van der Waals surface area contributed by atoms with Crippen LogP contribution in [0.4, 0.5) is 0 Å². The van der Waals surface area contributed by atoms with Crippen LogP contribution in [-0.2, 0) is 24.4 Å². The van der Waals surface area contributed by atoms with Crippen LogP contribution in [0.15, 0.2) is 24.5 Å². The highest BCUT2D eigenvalue weighted by Crippen LogP contribution is 2.21. The van der Waals surface area contributed by atoms with E-state index in [1.807, 2.05) is 32.0 Å². The normalized spacial score (nSPS) is 13.8. The number of ketones is 1. The van der Waals surface area contributed by atoms with Crippen molar-refractivity contribution in [3.05, 3.63) is 47.0 Å². The third-order valence-electron chi connectivity index (χ3n) is 3.50. The first-order valence-corrected chi connectivity index (χ1v) is 6.76. The predicted octanol–water partition coefficient (Wildman–Crippen LogP) is 2.31. The average molecular weight is 271 g/mol. The lowest BCUT2D eigenvalue weighted by Gasteiger charge is -2.09. The maximum Gasteiger partial charge on any atom is 0.170 e. The van der Waals surface area contributed by atoms with Crippen molar-refractivity contribution in [2.45, 2.75) is 39.5 Å². The van der Waals surface area contributed by atoms with E-state index in [-0.39, 0.29) is 18.2 Å². The summed E-state index contributed by atoms with van der Waals surface area (Å²) in [6.45, 7) is 5.29. The van der Waals surface area contributed by atoms with Crippen LogP contribution in [-0.4, -0.2) is 20.5 Å². The van der Waals surface area contributed by atoms with E-state index in [2.05, 4.69) is 10.1 Å². The minimum atomic E-state index is 0.0644. The lowest BCUT2D eigenvalue weighted by Crippen LogP contribution is -2.13. The van der Waals surface area contributed by atoms with Crippen molar-refractivity contribution in [1.29, 1.82) is 0 Å². The molecule has 104 valence electrons. The van der Waals surface area contributed by atoms with Crippen molar-refractivity contribution < 1.29 is 9.53 Å². The molecule has 20 heavy (non-hydrogen) atoms. The van der Waals surface area contributed by atoms with Gasteiger partial charge in [0.1, 0.15) is 12.2 Å². The summed E-state index contributed by atoms with van der Waals surface area (Å²) in [4.78, 5) is 16.5. The number of carbonyl (C=O) groups excluding carboxylic acids is 1. The van der Waals surface area contributed by atoms with Gasteiger partial charge in [0.2, 0.25) is 0 Å². The Bertz CT molecular complexity index is 646. The molecule has 0 fully saturated rings. The summed E-state index contributed by atoms with van der Waals surface area (Å²) in [7, 11) is 0. The van der Waals surface area contributed by atoms with Crippen molar-refractivity contribution in [3.8, 4) is 0 Å². The summed E-state index contributed by atoms with van der Waals surface area (Å²) in [5, 5.41) is 4.15. The second-order valence-electron chi connectivity index (χ2n) is 5.29. The van der Waals surface area contributed by atoms with Crippen molar-refractivity contribution in [2.24, 2.45) is 0 Å².